The number of carbonyl (C=O) groups is 2. The van der Waals surface area contributed by atoms with Gasteiger partial charge in [-0.05, 0) is 0 Å². The summed E-state index contributed by atoms with van der Waals surface area (Å²) in [5, 5.41) is 12.5. The summed E-state index contributed by atoms with van der Waals surface area (Å²) < 4.78 is 0. The molecule has 0 bridgehead atoms. The molecule has 1 rings (SSSR count). The molecule has 0 unspecified atom stereocenters. The van der Waals surface area contributed by atoms with Gasteiger partial charge in [0.2, 0.25) is 5.91 Å². The Morgan fingerprint density at radius 2 is 2.18 bits per heavy atom. The maximum absolute atomic E-state index is 10.6. The van der Waals surface area contributed by atoms with Crippen molar-refractivity contribution in [3.05, 3.63) is 0 Å². The molecule has 1 amide bonds. The average molecular weight is 160 g/mol. The zero-order valence-corrected chi connectivity index (χ0v) is 6.33. The number of hydrogen-bond acceptors (Lipinski definition) is 3. The van der Waals surface area contributed by atoms with Gasteiger partial charge in [0.1, 0.15) is 0 Å². The molecule has 0 aromatic rings. The fourth-order valence-electron chi connectivity index (χ4n) is 0.678. The van der Waals surface area contributed by atoms with Crippen molar-refractivity contribution in [3.63, 3.8) is 0 Å². The number of carboxylic acid groups (broad SMARTS) is 1. The van der Waals surface area contributed by atoms with Crippen molar-refractivity contribution in [1.29, 1.82) is 0 Å². The Hall–Kier alpha value is -1.10. The maximum Gasteiger partial charge on any atom is 0.290 e. The molecule has 0 spiro atoms. The van der Waals surface area contributed by atoms with Crippen LogP contribution < -0.4 is 10.6 Å². The first-order valence-electron chi connectivity index (χ1n) is 3.26. The van der Waals surface area contributed by atoms with Gasteiger partial charge in [-0.1, -0.05) is 0 Å². The van der Waals surface area contributed by atoms with Gasteiger partial charge in [0, 0.05) is 20.1 Å². The second-order valence-corrected chi connectivity index (χ2v) is 2.07. The Kier molecular flexibility index (Phi) is 5.10. The van der Waals surface area contributed by atoms with Crippen molar-refractivity contribution in [2.24, 2.45) is 5.92 Å². The average Bonchev–Trinajstić information content (AvgIpc) is 1.85. The second-order valence-electron chi connectivity index (χ2n) is 2.07. The summed E-state index contributed by atoms with van der Waals surface area (Å²) in [6, 6.07) is 0. The zero-order chi connectivity index (χ0) is 8.69. The fraction of sp³-hybridized carbons (Fsp3) is 0.667. The lowest BCUT2D eigenvalue weighted by Gasteiger charge is -2.24. The van der Waals surface area contributed by atoms with E-state index in [2.05, 4.69) is 10.6 Å². The number of nitrogens with one attached hydrogen (secondary N) is 2. The van der Waals surface area contributed by atoms with E-state index in [0.29, 0.717) is 0 Å². The van der Waals surface area contributed by atoms with E-state index in [-0.39, 0.29) is 18.3 Å². The van der Waals surface area contributed by atoms with Crippen LogP contribution in [-0.4, -0.2) is 37.6 Å². The van der Waals surface area contributed by atoms with Crippen LogP contribution in [0.1, 0.15) is 0 Å². The molecule has 0 radical (unpaired) electrons. The Morgan fingerprint density at radius 3 is 2.27 bits per heavy atom. The molecule has 1 saturated heterocycles. The van der Waals surface area contributed by atoms with Crippen LogP contribution in [0.5, 0.6) is 0 Å². The molecule has 11 heavy (non-hydrogen) atoms. The van der Waals surface area contributed by atoms with Gasteiger partial charge in [0.25, 0.3) is 6.47 Å². The summed E-state index contributed by atoms with van der Waals surface area (Å²) in [5.41, 5.74) is 0. The molecular formula is C6H12N2O3. The molecule has 0 saturated carbocycles. The van der Waals surface area contributed by atoms with Crippen molar-refractivity contribution in [2.75, 3.05) is 20.1 Å². The number of rotatable bonds is 1. The molecule has 1 aliphatic rings. The van der Waals surface area contributed by atoms with E-state index in [0.717, 1.165) is 13.1 Å². The van der Waals surface area contributed by atoms with Gasteiger partial charge in [0.05, 0.1) is 5.92 Å². The summed E-state index contributed by atoms with van der Waals surface area (Å²) in [6.07, 6.45) is 0. The number of hydrogen-bond donors (Lipinski definition) is 3. The van der Waals surface area contributed by atoms with Crippen molar-refractivity contribution in [1.82, 2.24) is 10.6 Å². The highest BCUT2D eigenvalue weighted by molar-refractivity contribution is 5.79. The Balaban J connectivity index is 0.000000292. The van der Waals surface area contributed by atoms with E-state index in [1.807, 2.05) is 0 Å². The first kappa shape index (κ1) is 9.90. The van der Waals surface area contributed by atoms with Gasteiger partial charge in [-0.2, -0.15) is 0 Å². The largest absolute Gasteiger partial charge is 0.483 e. The number of amides is 1. The van der Waals surface area contributed by atoms with Gasteiger partial charge in [-0.3, -0.25) is 9.59 Å². The van der Waals surface area contributed by atoms with E-state index in [4.69, 9.17) is 9.90 Å². The molecule has 5 nitrogen and oxygen atoms in total. The normalized spacial score (nSPS) is 15.4. The predicted molar refractivity (Wildman–Crippen MR) is 39.1 cm³/mol. The first-order chi connectivity index (χ1) is 5.26. The Morgan fingerprint density at radius 1 is 1.73 bits per heavy atom. The van der Waals surface area contributed by atoms with E-state index in [1.54, 1.807) is 7.05 Å². The van der Waals surface area contributed by atoms with Crippen LogP contribution in [0, 0.1) is 5.92 Å². The van der Waals surface area contributed by atoms with Crippen molar-refractivity contribution >= 4 is 12.4 Å². The summed E-state index contributed by atoms with van der Waals surface area (Å²) in [5.74, 6) is 0.392. The van der Waals surface area contributed by atoms with Gasteiger partial charge in [0.15, 0.2) is 0 Å². The topological polar surface area (TPSA) is 78.4 Å². The molecule has 5 heteroatoms. The molecule has 64 valence electrons. The SMILES string of the molecule is CNC(=O)C1CNC1.O=CO. The van der Waals surface area contributed by atoms with E-state index in [9.17, 15) is 4.79 Å². The summed E-state index contributed by atoms with van der Waals surface area (Å²) in [6.45, 7) is 1.44. The van der Waals surface area contributed by atoms with Gasteiger partial charge in [-0.15, -0.1) is 0 Å². The highest BCUT2D eigenvalue weighted by Gasteiger charge is 2.22. The van der Waals surface area contributed by atoms with Crippen LogP contribution in [0.4, 0.5) is 0 Å². The van der Waals surface area contributed by atoms with Crippen LogP contribution in [0.3, 0.4) is 0 Å². The molecule has 0 aliphatic carbocycles. The minimum absolute atomic E-state index is 0.156. The predicted octanol–water partition coefficient (Wildman–Crippen LogP) is -1.35. The van der Waals surface area contributed by atoms with Crippen LogP contribution >= 0.6 is 0 Å². The minimum Gasteiger partial charge on any atom is -0.483 e. The molecule has 0 aromatic heterocycles. The monoisotopic (exact) mass is 160 g/mol. The van der Waals surface area contributed by atoms with E-state index in [1.165, 1.54) is 0 Å². The highest BCUT2D eigenvalue weighted by Crippen LogP contribution is 2.00. The van der Waals surface area contributed by atoms with Crippen LogP contribution in [0.2, 0.25) is 0 Å². The van der Waals surface area contributed by atoms with Crippen molar-refractivity contribution < 1.29 is 14.7 Å². The van der Waals surface area contributed by atoms with Crippen molar-refractivity contribution in [3.8, 4) is 0 Å². The molecule has 0 atom stereocenters. The number of carbonyl (C=O) groups excluding carboxylic acids is 1. The van der Waals surface area contributed by atoms with Gasteiger partial charge in [-0.25, -0.2) is 0 Å². The quantitative estimate of drug-likeness (QED) is 0.414. The smallest absolute Gasteiger partial charge is 0.290 e. The molecule has 1 fully saturated rings. The third kappa shape index (κ3) is 3.57. The van der Waals surface area contributed by atoms with Crippen LogP contribution in [-0.2, 0) is 9.59 Å². The van der Waals surface area contributed by atoms with E-state index >= 15 is 0 Å². The third-order valence-corrected chi connectivity index (χ3v) is 1.40. The molecule has 1 aliphatic heterocycles. The molecule has 0 aromatic carbocycles. The Labute approximate surface area is 64.8 Å². The summed E-state index contributed by atoms with van der Waals surface area (Å²) in [4.78, 5) is 19.0. The highest BCUT2D eigenvalue weighted by atomic mass is 16.3. The van der Waals surface area contributed by atoms with Gasteiger partial charge < -0.3 is 15.7 Å². The standard InChI is InChI=1S/C5H10N2O.CH2O2/c1-6-5(8)4-2-7-3-4;2-1-3/h4,7H,2-3H2,1H3,(H,6,8);1H,(H,2,3). The lowest BCUT2D eigenvalue weighted by Crippen LogP contribution is -2.49. The Bertz CT molecular complexity index is 134. The fourth-order valence-corrected chi connectivity index (χ4v) is 0.678. The molecular weight excluding hydrogens is 148 g/mol. The van der Waals surface area contributed by atoms with Gasteiger partial charge >= 0.3 is 0 Å². The van der Waals surface area contributed by atoms with Crippen LogP contribution in [0.25, 0.3) is 0 Å². The maximum atomic E-state index is 10.6. The first-order valence-corrected chi connectivity index (χ1v) is 3.26. The van der Waals surface area contributed by atoms with E-state index < -0.39 is 0 Å². The molecule has 1 heterocycles. The second kappa shape index (κ2) is 5.67. The summed E-state index contributed by atoms with van der Waals surface area (Å²) >= 11 is 0. The van der Waals surface area contributed by atoms with Crippen LogP contribution in [0.15, 0.2) is 0 Å². The lowest BCUT2D eigenvalue weighted by molar-refractivity contribution is -0.126. The summed E-state index contributed by atoms with van der Waals surface area (Å²) in [7, 11) is 1.67. The molecule has 3 N–H and O–H groups in total. The van der Waals surface area contributed by atoms with Crippen molar-refractivity contribution in [2.45, 2.75) is 0 Å². The minimum atomic E-state index is -0.250. The lowest BCUT2D eigenvalue weighted by atomic mass is 10.0. The third-order valence-electron chi connectivity index (χ3n) is 1.40. The zero-order valence-electron chi connectivity index (χ0n) is 6.33.